The molecule has 1 N–H and O–H groups in total. The lowest BCUT2D eigenvalue weighted by atomic mass is 9.94. The molecule has 118 valence electrons. The van der Waals surface area contributed by atoms with Crippen molar-refractivity contribution in [2.75, 3.05) is 27.9 Å². The number of hydrogen-bond acceptors (Lipinski definition) is 5. The minimum absolute atomic E-state index is 0.0157. The molecule has 0 radical (unpaired) electrons. The van der Waals surface area contributed by atoms with Crippen molar-refractivity contribution in [3.8, 4) is 17.2 Å². The van der Waals surface area contributed by atoms with Crippen molar-refractivity contribution in [2.45, 2.75) is 38.5 Å². The lowest BCUT2D eigenvalue weighted by Crippen LogP contribution is -2.47. The number of hydrogen-bond donors (Lipinski definition) is 1. The largest absolute Gasteiger partial charge is 0.493 e. The number of rotatable bonds is 6. The summed E-state index contributed by atoms with van der Waals surface area (Å²) in [5, 5.41) is 3.59. The van der Waals surface area contributed by atoms with E-state index in [1.165, 1.54) is 0 Å². The van der Waals surface area contributed by atoms with Crippen LogP contribution in [0.15, 0.2) is 12.1 Å². The zero-order chi connectivity index (χ0) is 15.5. The normalized spacial score (nSPS) is 24.9. The van der Waals surface area contributed by atoms with Gasteiger partial charge in [-0.2, -0.15) is 0 Å². The van der Waals surface area contributed by atoms with E-state index in [-0.39, 0.29) is 11.6 Å². The molecule has 0 saturated carbocycles. The van der Waals surface area contributed by atoms with Gasteiger partial charge in [-0.25, -0.2) is 0 Å². The van der Waals surface area contributed by atoms with Crippen molar-refractivity contribution in [3.63, 3.8) is 0 Å². The van der Waals surface area contributed by atoms with Crippen molar-refractivity contribution in [1.82, 2.24) is 5.32 Å². The van der Waals surface area contributed by atoms with Crippen LogP contribution < -0.4 is 19.5 Å². The molecule has 1 aliphatic heterocycles. The highest BCUT2D eigenvalue weighted by Gasteiger charge is 2.36. The Morgan fingerprint density at radius 2 is 1.90 bits per heavy atom. The standard InChI is InChI=1S/C16H25NO4/c1-11-16(2,8-9-21-11)17-10-12-6-7-13(18-3)15(20-5)14(12)19-4/h6-7,11,17H,8-10H2,1-5H3. The van der Waals surface area contributed by atoms with Crippen LogP contribution in [0, 0.1) is 0 Å². The predicted octanol–water partition coefficient (Wildman–Crippen LogP) is 2.37. The van der Waals surface area contributed by atoms with Crippen LogP contribution in [0.1, 0.15) is 25.8 Å². The van der Waals surface area contributed by atoms with Gasteiger partial charge >= 0.3 is 0 Å². The minimum atomic E-state index is -0.0157. The quantitative estimate of drug-likeness (QED) is 0.873. The molecular weight excluding hydrogens is 270 g/mol. The SMILES string of the molecule is COc1ccc(CNC2(C)CCOC2C)c(OC)c1OC. The van der Waals surface area contributed by atoms with Crippen LogP contribution in [0.5, 0.6) is 17.2 Å². The molecule has 0 spiro atoms. The maximum Gasteiger partial charge on any atom is 0.203 e. The summed E-state index contributed by atoms with van der Waals surface area (Å²) in [4.78, 5) is 0. The summed E-state index contributed by atoms with van der Waals surface area (Å²) >= 11 is 0. The van der Waals surface area contributed by atoms with Crippen LogP contribution >= 0.6 is 0 Å². The first-order valence-corrected chi connectivity index (χ1v) is 7.20. The van der Waals surface area contributed by atoms with E-state index in [1.807, 2.05) is 12.1 Å². The van der Waals surface area contributed by atoms with Gasteiger partial charge in [-0.3, -0.25) is 0 Å². The number of nitrogens with one attached hydrogen (secondary N) is 1. The van der Waals surface area contributed by atoms with Gasteiger partial charge in [0, 0.05) is 24.3 Å². The van der Waals surface area contributed by atoms with Gasteiger partial charge in [0.1, 0.15) is 0 Å². The first-order chi connectivity index (χ1) is 10.1. The highest BCUT2D eigenvalue weighted by Crippen LogP contribution is 2.40. The van der Waals surface area contributed by atoms with Gasteiger partial charge in [-0.05, 0) is 26.3 Å². The molecule has 1 aliphatic rings. The Balaban J connectivity index is 2.20. The molecule has 21 heavy (non-hydrogen) atoms. The van der Waals surface area contributed by atoms with Crippen LogP contribution in [0.25, 0.3) is 0 Å². The minimum Gasteiger partial charge on any atom is -0.493 e. The van der Waals surface area contributed by atoms with E-state index in [0.717, 1.165) is 18.6 Å². The molecule has 1 aromatic rings. The van der Waals surface area contributed by atoms with E-state index in [2.05, 4.69) is 19.2 Å². The maximum absolute atomic E-state index is 5.66. The highest BCUT2D eigenvalue weighted by atomic mass is 16.5. The number of methoxy groups -OCH3 is 3. The van der Waals surface area contributed by atoms with Crippen LogP contribution in [-0.4, -0.2) is 39.6 Å². The van der Waals surface area contributed by atoms with Crippen LogP contribution in [0.4, 0.5) is 0 Å². The molecule has 0 aliphatic carbocycles. The Hall–Kier alpha value is -1.46. The van der Waals surface area contributed by atoms with Crippen molar-refractivity contribution in [2.24, 2.45) is 0 Å². The van der Waals surface area contributed by atoms with Crippen LogP contribution in [0.3, 0.4) is 0 Å². The maximum atomic E-state index is 5.66. The molecule has 0 aromatic heterocycles. The first-order valence-electron chi connectivity index (χ1n) is 7.20. The summed E-state index contributed by atoms with van der Waals surface area (Å²) in [5.41, 5.74) is 1.02. The predicted molar refractivity (Wildman–Crippen MR) is 81.4 cm³/mol. The van der Waals surface area contributed by atoms with Gasteiger partial charge in [0.25, 0.3) is 0 Å². The highest BCUT2D eigenvalue weighted by molar-refractivity contribution is 5.55. The van der Waals surface area contributed by atoms with Crippen molar-refractivity contribution in [1.29, 1.82) is 0 Å². The molecule has 1 saturated heterocycles. The van der Waals surface area contributed by atoms with Crippen molar-refractivity contribution >= 4 is 0 Å². The van der Waals surface area contributed by atoms with E-state index >= 15 is 0 Å². The molecule has 5 heteroatoms. The fourth-order valence-electron chi connectivity index (χ4n) is 2.67. The fourth-order valence-corrected chi connectivity index (χ4v) is 2.67. The molecule has 2 unspecified atom stereocenters. The molecule has 1 fully saturated rings. The lowest BCUT2D eigenvalue weighted by Gasteiger charge is -2.29. The molecule has 1 heterocycles. The van der Waals surface area contributed by atoms with Gasteiger partial charge < -0.3 is 24.3 Å². The molecule has 0 amide bonds. The third kappa shape index (κ3) is 3.09. The van der Waals surface area contributed by atoms with E-state index in [0.29, 0.717) is 23.8 Å². The van der Waals surface area contributed by atoms with E-state index in [1.54, 1.807) is 21.3 Å². The summed E-state index contributed by atoms with van der Waals surface area (Å²) in [6, 6.07) is 3.90. The second kappa shape index (κ2) is 6.54. The fraction of sp³-hybridized carbons (Fsp3) is 0.625. The molecule has 0 bridgehead atoms. The second-order valence-corrected chi connectivity index (χ2v) is 5.53. The Kier molecular flexibility index (Phi) is 4.96. The Morgan fingerprint density at radius 1 is 1.19 bits per heavy atom. The summed E-state index contributed by atoms with van der Waals surface area (Å²) in [5.74, 6) is 2.00. The molecule has 2 rings (SSSR count). The van der Waals surface area contributed by atoms with Gasteiger partial charge in [0.05, 0.1) is 27.4 Å². The van der Waals surface area contributed by atoms with Crippen molar-refractivity contribution < 1.29 is 18.9 Å². The van der Waals surface area contributed by atoms with Crippen LogP contribution in [-0.2, 0) is 11.3 Å². The Morgan fingerprint density at radius 3 is 2.43 bits per heavy atom. The van der Waals surface area contributed by atoms with E-state index in [9.17, 15) is 0 Å². The number of ether oxygens (including phenoxy) is 4. The van der Waals surface area contributed by atoms with Crippen LogP contribution in [0.2, 0.25) is 0 Å². The average Bonchev–Trinajstić information content (AvgIpc) is 2.83. The summed E-state index contributed by atoms with van der Waals surface area (Å²) in [7, 11) is 4.88. The summed E-state index contributed by atoms with van der Waals surface area (Å²) in [6.07, 6.45) is 1.20. The molecule has 2 atom stereocenters. The zero-order valence-corrected chi connectivity index (χ0v) is 13.5. The van der Waals surface area contributed by atoms with E-state index < -0.39 is 0 Å². The first kappa shape index (κ1) is 15.9. The third-order valence-corrected chi connectivity index (χ3v) is 4.35. The summed E-state index contributed by atoms with van der Waals surface area (Å²) in [6.45, 7) is 5.78. The topological polar surface area (TPSA) is 49.0 Å². The second-order valence-electron chi connectivity index (χ2n) is 5.53. The smallest absolute Gasteiger partial charge is 0.203 e. The zero-order valence-electron chi connectivity index (χ0n) is 13.5. The van der Waals surface area contributed by atoms with Gasteiger partial charge in [0.2, 0.25) is 5.75 Å². The molecule has 1 aromatic carbocycles. The van der Waals surface area contributed by atoms with Gasteiger partial charge in [-0.1, -0.05) is 6.07 Å². The average molecular weight is 295 g/mol. The Labute approximate surface area is 126 Å². The monoisotopic (exact) mass is 295 g/mol. The lowest BCUT2D eigenvalue weighted by molar-refractivity contribution is 0.0880. The molecule has 5 nitrogen and oxygen atoms in total. The molecular formula is C16H25NO4. The van der Waals surface area contributed by atoms with E-state index in [4.69, 9.17) is 18.9 Å². The van der Waals surface area contributed by atoms with Gasteiger partial charge in [0.15, 0.2) is 11.5 Å². The summed E-state index contributed by atoms with van der Waals surface area (Å²) < 4.78 is 21.9. The Bertz CT molecular complexity index is 491. The number of benzene rings is 1. The van der Waals surface area contributed by atoms with Crippen molar-refractivity contribution in [3.05, 3.63) is 17.7 Å². The third-order valence-electron chi connectivity index (χ3n) is 4.35. The van der Waals surface area contributed by atoms with Gasteiger partial charge in [-0.15, -0.1) is 0 Å².